The van der Waals surface area contributed by atoms with Gasteiger partial charge in [0.05, 0.1) is 0 Å². The Balaban J connectivity index is 2.86. The number of carbonyl (C=O) groups excluding carboxylic acids is 1. The maximum Gasteiger partial charge on any atom is 0.223 e. The molecule has 0 fully saturated rings. The number of hydrogen-bond donors (Lipinski definition) is 3. The first-order valence-electron chi connectivity index (χ1n) is 6.42. The van der Waals surface area contributed by atoms with Crippen molar-refractivity contribution in [1.82, 2.24) is 5.32 Å². The van der Waals surface area contributed by atoms with Crippen molar-refractivity contribution in [3.05, 3.63) is 35.9 Å². The monoisotopic (exact) mass is 263 g/mol. The van der Waals surface area contributed by atoms with Gasteiger partial charge in [0, 0.05) is 5.92 Å². The molecule has 5 heteroatoms. The molecule has 1 aromatic rings. The number of rotatable bonds is 6. The third-order valence-corrected chi connectivity index (χ3v) is 3.00. The Morgan fingerprint density at radius 3 is 2.58 bits per heavy atom. The number of amides is 1. The normalized spacial score (nSPS) is 14.7. The van der Waals surface area contributed by atoms with Crippen molar-refractivity contribution in [2.75, 3.05) is 0 Å². The summed E-state index contributed by atoms with van der Waals surface area (Å²) in [5.74, 6) is -0.215. The lowest BCUT2D eigenvalue weighted by molar-refractivity contribution is -0.125. The van der Waals surface area contributed by atoms with Crippen molar-refractivity contribution in [2.45, 2.75) is 32.7 Å². The Morgan fingerprint density at radius 2 is 2.05 bits per heavy atom. The zero-order chi connectivity index (χ0) is 14.3. The van der Waals surface area contributed by atoms with Crippen LogP contribution < -0.4 is 11.1 Å². The van der Waals surface area contributed by atoms with E-state index in [4.69, 9.17) is 10.9 Å². The Morgan fingerprint density at radius 1 is 1.42 bits per heavy atom. The molecular weight excluding hydrogens is 242 g/mol. The number of nitrogens with one attached hydrogen (secondary N) is 1. The van der Waals surface area contributed by atoms with Crippen LogP contribution in [0.4, 0.5) is 0 Å². The van der Waals surface area contributed by atoms with E-state index >= 15 is 0 Å². The Labute approximate surface area is 113 Å². The molecular formula is C14H21N3O2. The van der Waals surface area contributed by atoms with E-state index in [0.717, 1.165) is 18.4 Å². The highest BCUT2D eigenvalue weighted by atomic mass is 16.4. The van der Waals surface area contributed by atoms with Crippen LogP contribution in [0.3, 0.4) is 0 Å². The average molecular weight is 263 g/mol. The van der Waals surface area contributed by atoms with Crippen LogP contribution in [0.25, 0.3) is 0 Å². The Kier molecular flexibility index (Phi) is 5.85. The molecule has 0 aliphatic carbocycles. The van der Waals surface area contributed by atoms with Gasteiger partial charge < -0.3 is 16.3 Å². The standard InChI is InChI=1S/C14H21N3O2/c1-3-7-10(2)14(18)16-12(13(15)17-19)11-8-5-4-6-9-11/h4-6,8-10,12,19H,3,7H2,1-2H3,(H2,15,17)(H,16,18). The van der Waals surface area contributed by atoms with Crippen molar-refractivity contribution < 1.29 is 10.0 Å². The molecule has 1 aromatic carbocycles. The van der Waals surface area contributed by atoms with E-state index in [1.54, 1.807) is 0 Å². The maximum absolute atomic E-state index is 12.0. The molecule has 0 bridgehead atoms. The summed E-state index contributed by atoms with van der Waals surface area (Å²) in [4.78, 5) is 12.0. The minimum atomic E-state index is -0.599. The highest BCUT2D eigenvalue weighted by Gasteiger charge is 2.21. The topological polar surface area (TPSA) is 87.7 Å². The van der Waals surface area contributed by atoms with E-state index < -0.39 is 6.04 Å². The van der Waals surface area contributed by atoms with Gasteiger partial charge in [0.1, 0.15) is 6.04 Å². The van der Waals surface area contributed by atoms with Crippen molar-refractivity contribution in [2.24, 2.45) is 16.8 Å². The second-order valence-corrected chi connectivity index (χ2v) is 4.57. The third kappa shape index (κ3) is 4.28. The largest absolute Gasteiger partial charge is 0.409 e. The molecule has 1 rings (SSSR count). The number of carbonyl (C=O) groups is 1. The number of amidine groups is 1. The number of nitrogens with two attached hydrogens (primary N) is 1. The first kappa shape index (κ1) is 15.0. The molecule has 2 atom stereocenters. The van der Waals surface area contributed by atoms with Crippen LogP contribution in [-0.2, 0) is 4.79 Å². The summed E-state index contributed by atoms with van der Waals surface area (Å²) in [5.41, 5.74) is 6.44. The minimum absolute atomic E-state index is 0.0248. The molecule has 0 spiro atoms. The quantitative estimate of drug-likeness (QED) is 0.317. The summed E-state index contributed by atoms with van der Waals surface area (Å²) in [7, 11) is 0. The molecule has 0 aliphatic rings. The second kappa shape index (κ2) is 7.41. The maximum atomic E-state index is 12.0. The summed E-state index contributed by atoms with van der Waals surface area (Å²) in [6.45, 7) is 3.90. The number of benzene rings is 1. The van der Waals surface area contributed by atoms with E-state index in [1.165, 1.54) is 0 Å². The van der Waals surface area contributed by atoms with Crippen LogP contribution in [0.15, 0.2) is 35.5 Å². The van der Waals surface area contributed by atoms with Crippen LogP contribution in [-0.4, -0.2) is 17.0 Å². The Bertz CT molecular complexity index is 432. The van der Waals surface area contributed by atoms with Crippen molar-refractivity contribution >= 4 is 11.7 Å². The lowest BCUT2D eigenvalue weighted by atomic mass is 10.0. The van der Waals surface area contributed by atoms with Crippen LogP contribution in [0.5, 0.6) is 0 Å². The fourth-order valence-corrected chi connectivity index (χ4v) is 1.88. The van der Waals surface area contributed by atoms with E-state index in [2.05, 4.69) is 10.5 Å². The van der Waals surface area contributed by atoms with Gasteiger partial charge in [0.25, 0.3) is 0 Å². The predicted molar refractivity (Wildman–Crippen MR) is 74.8 cm³/mol. The summed E-state index contributed by atoms with van der Waals surface area (Å²) in [6, 6.07) is 8.61. The average Bonchev–Trinajstić information content (AvgIpc) is 2.44. The number of oxime groups is 1. The van der Waals surface area contributed by atoms with E-state index in [-0.39, 0.29) is 17.7 Å². The van der Waals surface area contributed by atoms with Crippen molar-refractivity contribution in [3.8, 4) is 0 Å². The van der Waals surface area contributed by atoms with Crippen molar-refractivity contribution in [1.29, 1.82) is 0 Å². The summed E-state index contributed by atoms with van der Waals surface area (Å²) < 4.78 is 0. The molecule has 0 radical (unpaired) electrons. The molecule has 1 amide bonds. The predicted octanol–water partition coefficient (Wildman–Crippen LogP) is 2.03. The zero-order valence-electron chi connectivity index (χ0n) is 11.3. The molecule has 0 aromatic heterocycles. The number of nitrogens with zero attached hydrogens (tertiary/aromatic N) is 1. The lowest BCUT2D eigenvalue weighted by Gasteiger charge is -2.20. The van der Waals surface area contributed by atoms with Gasteiger partial charge in [0.15, 0.2) is 5.84 Å². The third-order valence-electron chi connectivity index (χ3n) is 3.00. The summed E-state index contributed by atoms with van der Waals surface area (Å²) in [5, 5.41) is 14.7. The highest BCUT2D eigenvalue weighted by Crippen LogP contribution is 2.15. The molecule has 2 unspecified atom stereocenters. The zero-order valence-corrected chi connectivity index (χ0v) is 11.3. The molecule has 4 N–H and O–H groups in total. The van der Waals surface area contributed by atoms with E-state index in [9.17, 15) is 4.79 Å². The van der Waals surface area contributed by atoms with Gasteiger partial charge in [-0.25, -0.2) is 0 Å². The number of hydrogen-bond acceptors (Lipinski definition) is 3. The van der Waals surface area contributed by atoms with Gasteiger partial charge in [-0.05, 0) is 12.0 Å². The van der Waals surface area contributed by atoms with Gasteiger partial charge in [-0.15, -0.1) is 0 Å². The van der Waals surface area contributed by atoms with Crippen LogP contribution >= 0.6 is 0 Å². The van der Waals surface area contributed by atoms with Crippen LogP contribution in [0.2, 0.25) is 0 Å². The molecule has 0 heterocycles. The SMILES string of the molecule is CCCC(C)C(=O)NC(/C(N)=N/O)c1ccccc1. The van der Waals surface area contributed by atoms with E-state index in [1.807, 2.05) is 44.2 Å². The van der Waals surface area contributed by atoms with Crippen LogP contribution in [0, 0.1) is 5.92 Å². The second-order valence-electron chi connectivity index (χ2n) is 4.57. The van der Waals surface area contributed by atoms with Crippen LogP contribution in [0.1, 0.15) is 38.3 Å². The molecule has 0 saturated heterocycles. The van der Waals surface area contributed by atoms with Gasteiger partial charge in [0.2, 0.25) is 5.91 Å². The molecule has 19 heavy (non-hydrogen) atoms. The first-order valence-corrected chi connectivity index (χ1v) is 6.42. The molecule has 0 aliphatic heterocycles. The highest BCUT2D eigenvalue weighted by molar-refractivity contribution is 5.91. The smallest absolute Gasteiger partial charge is 0.223 e. The Hall–Kier alpha value is -2.04. The fraction of sp³-hybridized carbons (Fsp3) is 0.429. The lowest BCUT2D eigenvalue weighted by Crippen LogP contribution is -2.40. The van der Waals surface area contributed by atoms with E-state index in [0.29, 0.717) is 0 Å². The first-order chi connectivity index (χ1) is 9.10. The van der Waals surface area contributed by atoms with Gasteiger partial charge in [-0.3, -0.25) is 4.79 Å². The fourth-order valence-electron chi connectivity index (χ4n) is 1.88. The molecule has 0 saturated carbocycles. The van der Waals surface area contributed by atoms with Crippen molar-refractivity contribution in [3.63, 3.8) is 0 Å². The van der Waals surface area contributed by atoms with Gasteiger partial charge in [-0.2, -0.15) is 0 Å². The summed E-state index contributed by atoms with van der Waals surface area (Å²) >= 11 is 0. The molecule has 104 valence electrons. The summed E-state index contributed by atoms with van der Waals surface area (Å²) in [6.07, 6.45) is 1.75. The van der Waals surface area contributed by atoms with Gasteiger partial charge in [-0.1, -0.05) is 55.8 Å². The molecule has 5 nitrogen and oxygen atoms in total. The van der Waals surface area contributed by atoms with Gasteiger partial charge >= 0.3 is 0 Å². The minimum Gasteiger partial charge on any atom is -0.409 e.